The Morgan fingerprint density at radius 2 is 2.12 bits per heavy atom. The molecular formula is C18H33N5S. The third-order valence-electron chi connectivity index (χ3n) is 4.46. The molecule has 1 aromatic heterocycles. The van der Waals surface area contributed by atoms with Crippen LogP contribution in [0, 0.1) is 12.8 Å². The van der Waals surface area contributed by atoms with E-state index in [1.54, 1.807) is 11.3 Å². The number of hydrogen-bond acceptors (Lipinski definition) is 4. The van der Waals surface area contributed by atoms with Crippen molar-refractivity contribution in [3.8, 4) is 0 Å². The summed E-state index contributed by atoms with van der Waals surface area (Å²) in [6.07, 6.45) is 7.09. The van der Waals surface area contributed by atoms with Crippen LogP contribution in [-0.2, 0) is 6.54 Å². The lowest BCUT2D eigenvalue weighted by atomic mass is 9.99. The number of rotatable bonds is 8. The first-order valence-electron chi connectivity index (χ1n) is 9.33. The Labute approximate surface area is 151 Å². The van der Waals surface area contributed by atoms with Crippen LogP contribution >= 0.6 is 11.3 Å². The molecule has 0 saturated carbocycles. The van der Waals surface area contributed by atoms with Gasteiger partial charge in [-0.25, -0.2) is 9.98 Å². The van der Waals surface area contributed by atoms with Gasteiger partial charge in [-0.05, 0) is 65.1 Å². The average Bonchev–Trinajstić information content (AvgIpc) is 2.99. The maximum atomic E-state index is 4.62. The number of aromatic nitrogens is 1. The van der Waals surface area contributed by atoms with Crippen LogP contribution in [0.25, 0.3) is 0 Å². The monoisotopic (exact) mass is 351 g/mol. The minimum atomic E-state index is 0.653. The standard InChI is InChI=1S/C18H33N5S/c1-4-19-18(22-14-17-21-13-16(3)24-17)20-9-5-6-10-23-11-7-15(2)8-12-23/h13,15H,4-12,14H2,1-3H3,(H2,19,20,22). The average molecular weight is 352 g/mol. The zero-order valence-electron chi connectivity index (χ0n) is 15.5. The first-order chi connectivity index (χ1) is 11.7. The summed E-state index contributed by atoms with van der Waals surface area (Å²) in [6, 6.07) is 0. The molecule has 0 aromatic carbocycles. The fourth-order valence-corrected chi connectivity index (χ4v) is 3.63. The van der Waals surface area contributed by atoms with E-state index in [-0.39, 0.29) is 0 Å². The molecule has 136 valence electrons. The second-order valence-electron chi connectivity index (χ2n) is 6.72. The molecule has 6 heteroatoms. The molecule has 2 heterocycles. The quantitative estimate of drug-likeness (QED) is 0.429. The molecule has 0 aliphatic carbocycles. The molecule has 1 fully saturated rings. The van der Waals surface area contributed by atoms with Crippen LogP contribution in [0.15, 0.2) is 11.2 Å². The SMILES string of the molecule is CCNC(=NCc1ncc(C)s1)NCCCCN1CCC(C)CC1. The number of aryl methyl sites for hydroxylation is 1. The molecule has 2 rings (SSSR count). The number of thiazole rings is 1. The molecule has 1 aliphatic rings. The number of hydrogen-bond donors (Lipinski definition) is 2. The molecule has 0 radical (unpaired) electrons. The zero-order valence-corrected chi connectivity index (χ0v) is 16.3. The highest BCUT2D eigenvalue weighted by atomic mass is 32.1. The molecule has 1 saturated heterocycles. The summed E-state index contributed by atoms with van der Waals surface area (Å²) in [7, 11) is 0. The Bertz CT molecular complexity index is 491. The molecule has 0 bridgehead atoms. The van der Waals surface area contributed by atoms with Crippen LogP contribution in [-0.4, -0.2) is 48.6 Å². The zero-order chi connectivity index (χ0) is 17.2. The van der Waals surface area contributed by atoms with Gasteiger partial charge in [0.15, 0.2) is 5.96 Å². The van der Waals surface area contributed by atoms with Crippen molar-refractivity contribution in [1.82, 2.24) is 20.5 Å². The summed E-state index contributed by atoms with van der Waals surface area (Å²) in [4.78, 5) is 12.8. The first kappa shape index (κ1) is 19.2. The number of aliphatic imine (C=N–C) groups is 1. The smallest absolute Gasteiger partial charge is 0.191 e. The van der Waals surface area contributed by atoms with Gasteiger partial charge in [0.1, 0.15) is 5.01 Å². The number of nitrogens with zero attached hydrogens (tertiary/aromatic N) is 3. The van der Waals surface area contributed by atoms with E-state index in [4.69, 9.17) is 0 Å². The first-order valence-corrected chi connectivity index (χ1v) is 10.1. The van der Waals surface area contributed by atoms with Crippen molar-refractivity contribution in [2.75, 3.05) is 32.7 Å². The normalized spacial score (nSPS) is 17.2. The van der Waals surface area contributed by atoms with Gasteiger partial charge in [0.25, 0.3) is 0 Å². The number of guanidine groups is 1. The van der Waals surface area contributed by atoms with E-state index in [2.05, 4.69) is 46.3 Å². The van der Waals surface area contributed by atoms with E-state index in [1.807, 2.05) is 6.20 Å². The summed E-state index contributed by atoms with van der Waals surface area (Å²) < 4.78 is 0. The van der Waals surface area contributed by atoms with Crippen molar-refractivity contribution in [3.05, 3.63) is 16.1 Å². The van der Waals surface area contributed by atoms with Gasteiger partial charge in [-0.1, -0.05) is 6.92 Å². The number of unbranched alkanes of at least 4 members (excludes halogenated alkanes) is 1. The van der Waals surface area contributed by atoms with Gasteiger partial charge in [-0.15, -0.1) is 11.3 Å². The third-order valence-corrected chi connectivity index (χ3v) is 5.35. The molecule has 2 N–H and O–H groups in total. The van der Waals surface area contributed by atoms with Crippen molar-refractivity contribution in [2.24, 2.45) is 10.9 Å². The number of nitrogens with one attached hydrogen (secondary N) is 2. The van der Waals surface area contributed by atoms with Gasteiger partial charge in [0, 0.05) is 24.2 Å². The fourth-order valence-electron chi connectivity index (χ4n) is 2.92. The van der Waals surface area contributed by atoms with E-state index in [0.29, 0.717) is 6.54 Å². The van der Waals surface area contributed by atoms with Gasteiger partial charge in [-0.2, -0.15) is 0 Å². The Morgan fingerprint density at radius 1 is 1.33 bits per heavy atom. The minimum absolute atomic E-state index is 0.653. The molecule has 0 spiro atoms. The predicted molar refractivity (Wildman–Crippen MR) is 104 cm³/mol. The van der Waals surface area contributed by atoms with Gasteiger partial charge < -0.3 is 15.5 Å². The van der Waals surface area contributed by atoms with Crippen molar-refractivity contribution >= 4 is 17.3 Å². The fraction of sp³-hybridized carbons (Fsp3) is 0.778. The van der Waals surface area contributed by atoms with Crippen molar-refractivity contribution in [3.63, 3.8) is 0 Å². The third kappa shape index (κ3) is 7.18. The Kier molecular flexibility index (Phi) is 8.53. The summed E-state index contributed by atoms with van der Waals surface area (Å²) >= 11 is 1.72. The molecule has 24 heavy (non-hydrogen) atoms. The van der Waals surface area contributed by atoms with E-state index in [0.717, 1.165) is 30.0 Å². The van der Waals surface area contributed by atoms with Crippen LogP contribution in [0.3, 0.4) is 0 Å². The largest absolute Gasteiger partial charge is 0.357 e. The van der Waals surface area contributed by atoms with E-state index in [1.165, 1.54) is 50.2 Å². The molecule has 0 atom stereocenters. The Morgan fingerprint density at radius 3 is 2.79 bits per heavy atom. The van der Waals surface area contributed by atoms with Gasteiger partial charge in [0.2, 0.25) is 0 Å². The topological polar surface area (TPSA) is 52.6 Å². The lowest BCUT2D eigenvalue weighted by Gasteiger charge is -2.30. The predicted octanol–water partition coefficient (Wildman–Crippen LogP) is 3.02. The highest BCUT2D eigenvalue weighted by Crippen LogP contribution is 2.16. The lowest BCUT2D eigenvalue weighted by Crippen LogP contribution is -2.38. The maximum Gasteiger partial charge on any atom is 0.191 e. The summed E-state index contributed by atoms with van der Waals surface area (Å²) in [5.74, 6) is 1.82. The molecule has 0 amide bonds. The number of piperidine rings is 1. The van der Waals surface area contributed by atoms with Gasteiger partial charge >= 0.3 is 0 Å². The minimum Gasteiger partial charge on any atom is -0.357 e. The molecule has 1 aliphatic heterocycles. The lowest BCUT2D eigenvalue weighted by molar-refractivity contribution is 0.189. The molecule has 0 unspecified atom stereocenters. The van der Waals surface area contributed by atoms with Crippen LogP contribution in [0.5, 0.6) is 0 Å². The van der Waals surface area contributed by atoms with Gasteiger partial charge in [-0.3, -0.25) is 0 Å². The van der Waals surface area contributed by atoms with E-state index < -0.39 is 0 Å². The van der Waals surface area contributed by atoms with Crippen molar-refractivity contribution < 1.29 is 0 Å². The van der Waals surface area contributed by atoms with Crippen LogP contribution in [0.2, 0.25) is 0 Å². The van der Waals surface area contributed by atoms with Crippen molar-refractivity contribution in [2.45, 2.75) is 53.0 Å². The summed E-state index contributed by atoms with van der Waals surface area (Å²) in [6.45, 7) is 12.9. The Balaban J connectivity index is 1.62. The highest BCUT2D eigenvalue weighted by molar-refractivity contribution is 7.11. The molecule has 1 aromatic rings. The Hall–Kier alpha value is -1.14. The number of likely N-dealkylation sites (tertiary alicyclic amines) is 1. The van der Waals surface area contributed by atoms with Crippen LogP contribution in [0.1, 0.15) is 49.4 Å². The van der Waals surface area contributed by atoms with E-state index >= 15 is 0 Å². The summed E-state index contributed by atoms with van der Waals surface area (Å²) in [5.41, 5.74) is 0. The van der Waals surface area contributed by atoms with E-state index in [9.17, 15) is 0 Å². The van der Waals surface area contributed by atoms with Crippen LogP contribution < -0.4 is 10.6 Å². The maximum absolute atomic E-state index is 4.62. The van der Waals surface area contributed by atoms with Crippen molar-refractivity contribution in [1.29, 1.82) is 0 Å². The second kappa shape index (κ2) is 10.7. The summed E-state index contributed by atoms with van der Waals surface area (Å²) in [5, 5.41) is 7.82. The highest BCUT2D eigenvalue weighted by Gasteiger charge is 2.14. The van der Waals surface area contributed by atoms with Gasteiger partial charge in [0.05, 0.1) is 6.54 Å². The second-order valence-corrected chi connectivity index (χ2v) is 8.04. The molecular weight excluding hydrogens is 318 g/mol. The molecule has 5 nitrogen and oxygen atoms in total. The van der Waals surface area contributed by atoms with Crippen LogP contribution in [0.4, 0.5) is 0 Å².